The van der Waals surface area contributed by atoms with E-state index in [2.05, 4.69) is 5.32 Å². The van der Waals surface area contributed by atoms with E-state index in [0.29, 0.717) is 32.8 Å². The topological polar surface area (TPSA) is 110 Å². The molecular weight excluding hydrogens is 488 g/mol. The highest BCUT2D eigenvalue weighted by Crippen LogP contribution is 2.42. The van der Waals surface area contributed by atoms with Gasteiger partial charge in [0.25, 0.3) is 5.91 Å². The monoisotopic (exact) mass is 528 g/mol. The van der Waals surface area contributed by atoms with Crippen molar-refractivity contribution in [2.75, 3.05) is 32.8 Å². The van der Waals surface area contributed by atoms with E-state index in [9.17, 15) is 15.0 Å². The average molecular weight is 529 g/mol. The quantitative estimate of drug-likeness (QED) is 0.406. The van der Waals surface area contributed by atoms with Crippen LogP contribution in [0.4, 0.5) is 0 Å². The number of aliphatic hydroxyl groups is 2. The van der Waals surface area contributed by atoms with Crippen LogP contribution in [-0.2, 0) is 37.0 Å². The first-order valence-corrected chi connectivity index (χ1v) is 13.2. The van der Waals surface area contributed by atoms with E-state index in [1.165, 1.54) is 0 Å². The molecule has 3 N–H and O–H groups in total. The molecule has 0 unspecified atom stereocenters. The van der Waals surface area contributed by atoms with E-state index in [1.54, 1.807) is 18.7 Å². The normalized spacial score (nSPS) is 25.6. The molecule has 9 nitrogen and oxygen atoms in total. The van der Waals surface area contributed by atoms with Crippen molar-refractivity contribution >= 4 is 5.91 Å². The molecule has 0 aromatic heterocycles. The summed E-state index contributed by atoms with van der Waals surface area (Å²) < 4.78 is 25.0. The van der Waals surface area contributed by atoms with Gasteiger partial charge in [0.2, 0.25) is 0 Å². The van der Waals surface area contributed by atoms with Gasteiger partial charge >= 0.3 is 0 Å². The molecule has 2 aromatic carbocycles. The molecule has 0 radical (unpaired) electrons. The lowest BCUT2D eigenvalue weighted by Crippen LogP contribution is -2.63. The van der Waals surface area contributed by atoms with Gasteiger partial charge in [-0.15, -0.1) is 0 Å². The largest absolute Gasteiger partial charge is 0.387 e. The van der Waals surface area contributed by atoms with Gasteiger partial charge in [0, 0.05) is 26.2 Å². The number of benzene rings is 2. The summed E-state index contributed by atoms with van der Waals surface area (Å²) in [6.07, 6.45) is -5.02. The van der Waals surface area contributed by atoms with Crippen molar-refractivity contribution in [2.45, 2.75) is 69.8 Å². The van der Waals surface area contributed by atoms with Crippen molar-refractivity contribution < 1.29 is 34.0 Å². The fraction of sp³-hybridized carbons (Fsp3) is 0.552. The Kier molecular flexibility index (Phi) is 9.54. The fourth-order valence-electron chi connectivity index (χ4n) is 5.18. The maximum absolute atomic E-state index is 13.2. The van der Waals surface area contributed by atoms with Crippen LogP contribution in [0.1, 0.15) is 31.9 Å². The maximum Gasteiger partial charge on any atom is 0.254 e. The summed E-state index contributed by atoms with van der Waals surface area (Å²) in [7, 11) is 0. The Hall–Kier alpha value is -2.37. The molecule has 5 atom stereocenters. The zero-order chi connectivity index (χ0) is 27.2. The predicted octanol–water partition coefficient (Wildman–Crippen LogP) is 1.85. The first-order valence-electron chi connectivity index (χ1n) is 13.2. The minimum atomic E-state index is -1.71. The number of hydrogen-bond donors (Lipinski definition) is 3. The van der Waals surface area contributed by atoms with Crippen molar-refractivity contribution in [1.29, 1.82) is 0 Å². The van der Waals surface area contributed by atoms with Crippen molar-refractivity contribution in [2.24, 2.45) is 0 Å². The molecule has 38 heavy (non-hydrogen) atoms. The Morgan fingerprint density at radius 3 is 2.16 bits per heavy atom. The first-order chi connectivity index (χ1) is 18.2. The average Bonchev–Trinajstić information content (AvgIpc) is 3.17. The second-order valence-corrected chi connectivity index (χ2v) is 10.4. The molecule has 2 aromatic rings. The molecule has 0 aliphatic carbocycles. The molecule has 2 saturated heterocycles. The standard InChI is InChI=1S/C29H40N2O7/c1-21-29(38-28(2,3)37-21,20-35-18-22-10-6-4-7-11-22)26(36-19-23-12-8-5-9-13-23)24(32)25(33)27(34)31-16-14-30-15-17-31/h4-13,21,24-26,30,32-33H,14-20H2,1-3H3/t21-,24-,25-,26+,29-/m1/s1. The van der Waals surface area contributed by atoms with Crippen LogP contribution < -0.4 is 5.32 Å². The van der Waals surface area contributed by atoms with E-state index in [0.717, 1.165) is 11.1 Å². The summed E-state index contributed by atoms with van der Waals surface area (Å²) in [5.74, 6) is -1.55. The molecule has 0 bridgehead atoms. The van der Waals surface area contributed by atoms with E-state index >= 15 is 0 Å². The van der Waals surface area contributed by atoms with Gasteiger partial charge < -0.3 is 39.4 Å². The highest BCUT2D eigenvalue weighted by molar-refractivity contribution is 5.81. The fourth-order valence-corrected chi connectivity index (χ4v) is 5.18. The number of nitrogens with zero attached hydrogens (tertiary/aromatic N) is 1. The maximum atomic E-state index is 13.2. The summed E-state index contributed by atoms with van der Waals surface area (Å²) in [4.78, 5) is 14.7. The number of rotatable bonds is 11. The molecule has 2 aliphatic rings. The highest BCUT2D eigenvalue weighted by atomic mass is 16.8. The number of ether oxygens (including phenoxy) is 4. The van der Waals surface area contributed by atoms with Gasteiger partial charge in [-0.3, -0.25) is 4.79 Å². The summed E-state index contributed by atoms with van der Waals surface area (Å²) in [6, 6.07) is 19.2. The Morgan fingerprint density at radius 2 is 1.61 bits per heavy atom. The lowest BCUT2D eigenvalue weighted by molar-refractivity contribution is -0.237. The zero-order valence-electron chi connectivity index (χ0n) is 22.4. The van der Waals surface area contributed by atoms with Crippen molar-refractivity contribution in [3.05, 3.63) is 71.8 Å². The lowest BCUT2D eigenvalue weighted by Gasteiger charge is -2.42. The molecule has 2 heterocycles. The molecule has 2 fully saturated rings. The van der Waals surface area contributed by atoms with Crippen LogP contribution in [0.15, 0.2) is 60.7 Å². The Bertz CT molecular complexity index is 1020. The van der Waals surface area contributed by atoms with Crippen LogP contribution in [0, 0.1) is 0 Å². The molecule has 1 amide bonds. The summed E-state index contributed by atoms with van der Waals surface area (Å²) in [5.41, 5.74) is 0.542. The van der Waals surface area contributed by atoms with Crippen LogP contribution in [0.5, 0.6) is 0 Å². The first kappa shape index (κ1) is 28.6. The highest BCUT2D eigenvalue weighted by Gasteiger charge is 2.60. The van der Waals surface area contributed by atoms with Crippen molar-refractivity contribution in [1.82, 2.24) is 10.2 Å². The van der Waals surface area contributed by atoms with Gasteiger partial charge in [-0.2, -0.15) is 0 Å². The molecular formula is C29H40N2O7. The van der Waals surface area contributed by atoms with E-state index < -0.39 is 41.7 Å². The number of nitrogens with one attached hydrogen (secondary N) is 1. The van der Waals surface area contributed by atoms with Gasteiger partial charge in [-0.25, -0.2) is 0 Å². The van der Waals surface area contributed by atoms with Crippen molar-refractivity contribution in [3.8, 4) is 0 Å². The van der Waals surface area contributed by atoms with Crippen LogP contribution in [0.3, 0.4) is 0 Å². The Labute approximate surface area is 224 Å². The van der Waals surface area contributed by atoms with Crippen LogP contribution in [0.25, 0.3) is 0 Å². The molecule has 0 spiro atoms. The zero-order valence-corrected chi connectivity index (χ0v) is 22.4. The summed E-state index contributed by atoms with van der Waals surface area (Å²) >= 11 is 0. The third-order valence-electron chi connectivity index (χ3n) is 7.09. The van der Waals surface area contributed by atoms with Gasteiger partial charge in [0.1, 0.15) is 17.8 Å². The number of hydrogen-bond acceptors (Lipinski definition) is 8. The number of carbonyl (C=O) groups excluding carboxylic acids is 1. The van der Waals surface area contributed by atoms with Crippen molar-refractivity contribution in [3.63, 3.8) is 0 Å². The molecule has 208 valence electrons. The number of amides is 1. The molecule has 9 heteroatoms. The Balaban J connectivity index is 1.61. The minimum absolute atomic E-state index is 0.0115. The van der Waals surface area contributed by atoms with Gasteiger partial charge in [0.15, 0.2) is 11.9 Å². The number of aliphatic hydroxyl groups excluding tert-OH is 2. The minimum Gasteiger partial charge on any atom is -0.387 e. The molecule has 4 rings (SSSR count). The van der Waals surface area contributed by atoms with E-state index in [1.807, 2.05) is 67.6 Å². The second kappa shape index (κ2) is 12.7. The molecule has 0 saturated carbocycles. The van der Waals surface area contributed by atoms with E-state index in [4.69, 9.17) is 18.9 Å². The lowest BCUT2D eigenvalue weighted by atomic mass is 9.85. The smallest absolute Gasteiger partial charge is 0.254 e. The number of carbonyl (C=O) groups is 1. The van der Waals surface area contributed by atoms with Crippen LogP contribution in [-0.4, -0.2) is 89.6 Å². The van der Waals surface area contributed by atoms with Crippen LogP contribution in [0.2, 0.25) is 0 Å². The number of piperazine rings is 1. The summed E-state index contributed by atoms with van der Waals surface area (Å²) in [6.45, 7) is 8.00. The third-order valence-corrected chi connectivity index (χ3v) is 7.09. The predicted molar refractivity (Wildman–Crippen MR) is 141 cm³/mol. The molecule has 2 aliphatic heterocycles. The third kappa shape index (κ3) is 6.79. The second-order valence-electron chi connectivity index (χ2n) is 10.4. The SMILES string of the molecule is C[C@H]1OC(C)(C)O[C@@]1(COCc1ccccc1)[C@@H](OCc1ccccc1)[C@H](O)[C@@H](O)C(=O)N1CCNCC1. The van der Waals surface area contributed by atoms with Gasteiger partial charge in [0.05, 0.1) is 25.9 Å². The summed E-state index contributed by atoms with van der Waals surface area (Å²) in [5, 5.41) is 25.9. The Morgan fingerprint density at radius 1 is 1.03 bits per heavy atom. The van der Waals surface area contributed by atoms with E-state index in [-0.39, 0.29) is 13.2 Å². The van der Waals surface area contributed by atoms with Gasteiger partial charge in [-0.05, 0) is 31.9 Å². The van der Waals surface area contributed by atoms with Gasteiger partial charge in [-0.1, -0.05) is 60.7 Å². The van der Waals surface area contributed by atoms with Crippen LogP contribution >= 0.6 is 0 Å².